The number of halogens is 2. The van der Waals surface area contributed by atoms with Crippen LogP contribution in [0.3, 0.4) is 0 Å². The van der Waals surface area contributed by atoms with Crippen molar-refractivity contribution >= 4 is 20.6 Å². The van der Waals surface area contributed by atoms with Crippen LogP contribution in [0.25, 0.3) is 22.0 Å². The second kappa shape index (κ2) is 7.66. The van der Waals surface area contributed by atoms with Crippen molar-refractivity contribution in [3.63, 3.8) is 0 Å². The van der Waals surface area contributed by atoms with Crippen LogP contribution < -0.4 is 10.3 Å². The SMILES string of the molecule is CCS(=N)(=O)c1ccc(Oc2ccc(F)cc2F)c(-c2cn(C)c(=O)c3[nH]ccc23)c1. The van der Waals surface area contributed by atoms with E-state index in [1.54, 1.807) is 38.5 Å². The second-order valence-corrected chi connectivity index (χ2v) is 9.42. The molecule has 6 nitrogen and oxygen atoms in total. The molecule has 0 aliphatic carbocycles. The van der Waals surface area contributed by atoms with Crippen molar-refractivity contribution in [1.82, 2.24) is 9.55 Å². The second-order valence-electron chi connectivity index (χ2n) is 7.02. The molecule has 0 amide bonds. The first-order valence-electron chi connectivity index (χ1n) is 9.42. The van der Waals surface area contributed by atoms with Gasteiger partial charge in [-0.05, 0) is 36.4 Å². The number of nitrogens with one attached hydrogen (secondary N) is 2. The number of rotatable bonds is 5. The number of aryl methyl sites for hydroxylation is 1. The summed E-state index contributed by atoms with van der Waals surface area (Å²) >= 11 is 0. The van der Waals surface area contributed by atoms with E-state index in [4.69, 9.17) is 9.52 Å². The van der Waals surface area contributed by atoms with Crippen LogP contribution in [0.1, 0.15) is 6.92 Å². The molecule has 2 aromatic heterocycles. The highest BCUT2D eigenvalue weighted by molar-refractivity contribution is 7.92. The van der Waals surface area contributed by atoms with Crippen molar-refractivity contribution in [2.45, 2.75) is 11.8 Å². The van der Waals surface area contributed by atoms with Crippen molar-refractivity contribution in [3.05, 3.63) is 76.8 Å². The molecular formula is C22H19F2N3O3S. The summed E-state index contributed by atoms with van der Waals surface area (Å²) in [5.74, 6) is -1.47. The molecule has 2 aromatic carbocycles. The van der Waals surface area contributed by atoms with E-state index in [9.17, 15) is 17.8 Å². The van der Waals surface area contributed by atoms with Crippen LogP contribution in [0.4, 0.5) is 8.78 Å². The summed E-state index contributed by atoms with van der Waals surface area (Å²) in [6, 6.07) is 9.25. The smallest absolute Gasteiger partial charge is 0.274 e. The third-order valence-electron chi connectivity index (χ3n) is 5.04. The van der Waals surface area contributed by atoms with Crippen LogP contribution in [0.2, 0.25) is 0 Å². The molecule has 0 radical (unpaired) electrons. The van der Waals surface area contributed by atoms with Crippen LogP contribution in [-0.4, -0.2) is 19.5 Å². The lowest BCUT2D eigenvalue weighted by Crippen LogP contribution is -2.16. The topological polar surface area (TPSA) is 87.9 Å². The van der Waals surface area contributed by atoms with Crippen molar-refractivity contribution in [2.24, 2.45) is 7.05 Å². The summed E-state index contributed by atoms with van der Waals surface area (Å²) in [4.78, 5) is 15.6. The summed E-state index contributed by atoms with van der Waals surface area (Å²) in [6.45, 7) is 1.66. The number of benzene rings is 2. The van der Waals surface area contributed by atoms with Crippen LogP contribution in [0, 0.1) is 16.4 Å². The molecule has 4 aromatic rings. The molecule has 0 saturated heterocycles. The fourth-order valence-corrected chi connectivity index (χ4v) is 4.27. The predicted molar refractivity (Wildman–Crippen MR) is 115 cm³/mol. The minimum atomic E-state index is -3.05. The molecule has 0 bridgehead atoms. The lowest BCUT2D eigenvalue weighted by molar-refractivity contribution is 0.438. The average Bonchev–Trinajstić information content (AvgIpc) is 3.23. The van der Waals surface area contributed by atoms with E-state index in [-0.39, 0.29) is 27.7 Å². The molecule has 4 rings (SSSR count). The van der Waals surface area contributed by atoms with Crippen LogP contribution >= 0.6 is 0 Å². The highest BCUT2D eigenvalue weighted by atomic mass is 32.2. The Morgan fingerprint density at radius 2 is 1.84 bits per heavy atom. The first-order valence-corrected chi connectivity index (χ1v) is 11.1. The van der Waals surface area contributed by atoms with Gasteiger partial charge in [0.1, 0.15) is 17.1 Å². The maximum Gasteiger partial charge on any atom is 0.274 e. The Balaban J connectivity index is 1.99. The Labute approximate surface area is 177 Å². The molecule has 31 heavy (non-hydrogen) atoms. The zero-order chi connectivity index (χ0) is 22.3. The summed E-state index contributed by atoms with van der Waals surface area (Å²) < 4.78 is 55.5. The molecule has 0 aliphatic rings. The van der Waals surface area contributed by atoms with Crippen LogP contribution in [-0.2, 0) is 16.8 Å². The molecule has 0 saturated carbocycles. The molecule has 0 spiro atoms. The first kappa shape index (κ1) is 20.8. The zero-order valence-corrected chi connectivity index (χ0v) is 17.6. The Morgan fingerprint density at radius 1 is 1.10 bits per heavy atom. The number of H-pyrrole nitrogens is 1. The standard InChI is InChI=1S/C22H19F2N3O3S/c1-3-31(25,29)14-5-7-19(30-20-6-4-13(23)10-18(20)24)16(11-14)17-12-27(2)22(28)21-15(17)8-9-26-21/h4-12,25-26H,3H2,1-2H3. The number of aromatic nitrogens is 2. The van der Waals surface area contributed by atoms with E-state index < -0.39 is 21.4 Å². The van der Waals surface area contributed by atoms with Crippen molar-refractivity contribution < 1.29 is 17.7 Å². The molecule has 2 heterocycles. The van der Waals surface area contributed by atoms with Gasteiger partial charge in [-0.3, -0.25) is 4.79 Å². The summed E-state index contributed by atoms with van der Waals surface area (Å²) in [7, 11) is -1.45. The van der Waals surface area contributed by atoms with E-state index in [2.05, 4.69) is 4.98 Å². The molecule has 1 unspecified atom stereocenters. The average molecular weight is 443 g/mol. The summed E-state index contributed by atoms with van der Waals surface area (Å²) in [5, 5.41) is 0.595. The van der Waals surface area contributed by atoms with Crippen LogP contribution in [0.5, 0.6) is 11.5 Å². The van der Waals surface area contributed by atoms with E-state index in [0.717, 1.165) is 6.07 Å². The minimum absolute atomic E-state index is 0.117. The zero-order valence-electron chi connectivity index (χ0n) is 16.7. The molecule has 2 N–H and O–H groups in total. The van der Waals surface area contributed by atoms with Crippen molar-refractivity contribution in [3.8, 4) is 22.6 Å². The Hall–Kier alpha value is -3.46. The largest absolute Gasteiger partial charge is 0.454 e. The Morgan fingerprint density at radius 3 is 2.55 bits per heavy atom. The third kappa shape index (κ3) is 3.72. The Bertz CT molecular complexity index is 1470. The number of fused-ring (bicyclic) bond motifs is 1. The van der Waals surface area contributed by atoms with Gasteiger partial charge in [0.05, 0.1) is 9.73 Å². The van der Waals surface area contributed by atoms with Gasteiger partial charge in [0.15, 0.2) is 11.6 Å². The minimum Gasteiger partial charge on any atom is -0.454 e. The number of ether oxygens (including phenoxy) is 1. The monoisotopic (exact) mass is 443 g/mol. The molecular weight excluding hydrogens is 424 g/mol. The van der Waals surface area contributed by atoms with Gasteiger partial charge >= 0.3 is 0 Å². The fraction of sp³-hybridized carbons (Fsp3) is 0.136. The number of nitrogens with zero attached hydrogens (tertiary/aromatic N) is 1. The van der Waals surface area contributed by atoms with E-state index >= 15 is 0 Å². The van der Waals surface area contributed by atoms with E-state index in [1.807, 2.05) is 0 Å². The van der Waals surface area contributed by atoms with Gasteiger partial charge in [0.25, 0.3) is 5.56 Å². The van der Waals surface area contributed by atoms with Gasteiger partial charge in [-0.2, -0.15) is 0 Å². The molecule has 9 heteroatoms. The fourth-order valence-electron chi connectivity index (χ4n) is 3.34. The molecule has 0 fully saturated rings. The highest BCUT2D eigenvalue weighted by Crippen LogP contribution is 2.38. The first-order chi connectivity index (χ1) is 14.7. The quantitative estimate of drug-likeness (QED) is 0.453. The molecule has 160 valence electrons. The van der Waals surface area contributed by atoms with Gasteiger partial charge in [-0.25, -0.2) is 17.8 Å². The predicted octanol–water partition coefficient (Wildman–Crippen LogP) is 5.03. The number of hydrogen-bond donors (Lipinski definition) is 2. The van der Waals surface area contributed by atoms with Crippen molar-refractivity contribution in [2.75, 3.05) is 5.75 Å². The number of pyridine rings is 1. The summed E-state index contributed by atoms with van der Waals surface area (Å²) in [6.07, 6.45) is 3.22. The molecule has 1 atom stereocenters. The van der Waals surface area contributed by atoms with Crippen molar-refractivity contribution in [1.29, 1.82) is 4.78 Å². The van der Waals surface area contributed by atoms with Gasteiger partial charge < -0.3 is 14.3 Å². The maximum atomic E-state index is 14.2. The van der Waals surface area contributed by atoms with Gasteiger partial charge in [0.2, 0.25) is 0 Å². The summed E-state index contributed by atoms with van der Waals surface area (Å²) in [5.41, 5.74) is 1.13. The highest BCUT2D eigenvalue weighted by Gasteiger charge is 2.19. The lowest BCUT2D eigenvalue weighted by Gasteiger charge is -2.16. The number of aromatic amines is 1. The number of hydrogen-bond acceptors (Lipinski definition) is 4. The normalized spacial score (nSPS) is 13.3. The molecule has 0 aliphatic heterocycles. The maximum absolute atomic E-state index is 14.2. The third-order valence-corrected chi connectivity index (χ3v) is 6.86. The van der Waals surface area contributed by atoms with Gasteiger partial charge in [0, 0.05) is 52.7 Å². The van der Waals surface area contributed by atoms with E-state index in [1.165, 1.54) is 22.8 Å². The lowest BCUT2D eigenvalue weighted by atomic mass is 10.0. The van der Waals surface area contributed by atoms with Gasteiger partial charge in [-0.15, -0.1) is 0 Å². The Kier molecular flexibility index (Phi) is 5.14. The van der Waals surface area contributed by atoms with Crippen LogP contribution in [0.15, 0.2) is 64.5 Å². The van der Waals surface area contributed by atoms with E-state index in [0.29, 0.717) is 28.1 Å². The van der Waals surface area contributed by atoms with Gasteiger partial charge in [-0.1, -0.05) is 6.92 Å².